The van der Waals surface area contributed by atoms with Crippen molar-refractivity contribution in [1.29, 1.82) is 0 Å². The fourth-order valence-corrected chi connectivity index (χ4v) is 5.70. The van der Waals surface area contributed by atoms with E-state index in [1.807, 2.05) is 26.8 Å². The molecule has 0 atom stereocenters. The summed E-state index contributed by atoms with van der Waals surface area (Å²) in [6.45, 7) is 15.4. The molecule has 0 unspecified atom stereocenters. The summed E-state index contributed by atoms with van der Waals surface area (Å²) in [6, 6.07) is 7.90. The van der Waals surface area contributed by atoms with Crippen LogP contribution in [0, 0.1) is 6.57 Å². The normalized spacial score (nSPS) is 16.4. The zero-order chi connectivity index (χ0) is 26.8. The summed E-state index contributed by atoms with van der Waals surface area (Å²) >= 11 is 1.30. The number of benzene rings is 2. The van der Waals surface area contributed by atoms with Crippen LogP contribution in [0.2, 0.25) is 0 Å². The van der Waals surface area contributed by atoms with E-state index in [4.69, 9.17) is 11.3 Å². The number of rotatable bonds is 5. The van der Waals surface area contributed by atoms with Gasteiger partial charge in [-0.2, -0.15) is 13.2 Å². The first-order chi connectivity index (χ1) is 17.4. The van der Waals surface area contributed by atoms with Gasteiger partial charge in [0.2, 0.25) is 0 Å². The highest BCUT2D eigenvalue weighted by atomic mass is 32.2. The van der Waals surface area contributed by atoms with Crippen molar-refractivity contribution < 1.29 is 22.7 Å². The van der Waals surface area contributed by atoms with Crippen molar-refractivity contribution in [3.05, 3.63) is 58.4 Å². The van der Waals surface area contributed by atoms with Gasteiger partial charge in [-0.15, -0.1) is 0 Å². The van der Waals surface area contributed by atoms with Crippen LogP contribution in [-0.4, -0.2) is 48.8 Å². The highest BCUT2D eigenvalue weighted by Gasteiger charge is 2.34. The van der Waals surface area contributed by atoms with Gasteiger partial charge in [-0.1, -0.05) is 23.9 Å². The van der Waals surface area contributed by atoms with Crippen molar-refractivity contribution in [2.45, 2.75) is 67.6 Å². The second-order valence-electron chi connectivity index (χ2n) is 10.4. The van der Waals surface area contributed by atoms with Gasteiger partial charge in [-0.3, -0.25) is 0 Å². The number of carbonyl (C=O) groups is 1. The number of nitrogens with one attached hydrogen (secondary N) is 2. The number of halogens is 3. The van der Waals surface area contributed by atoms with Crippen molar-refractivity contribution in [2.24, 2.45) is 0 Å². The van der Waals surface area contributed by atoms with E-state index in [1.54, 1.807) is 12.1 Å². The average molecular weight is 533 g/mol. The van der Waals surface area contributed by atoms with Gasteiger partial charge in [-0.05, 0) is 62.9 Å². The monoisotopic (exact) mass is 532 g/mol. The Labute approximate surface area is 219 Å². The van der Waals surface area contributed by atoms with Gasteiger partial charge in [0.1, 0.15) is 5.60 Å². The van der Waals surface area contributed by atoms with E-state index in [9.17, 15) is 18.0 Å². The molecule has 0 spiro atoms. The molecule has 2 aliphatic rings. The Balaban J connectivity index is 1.40. The molecule has 0 bridgehead atoms. The zero-order valence-electron chi connectivity index (χ0n) is 21.2. The van der Waals surface area contributed by atoms with Crippen molar-refractivity contribution in [3.8, 4) is 0 Å². The minimum absolute atomic E-state index is 0.0542. The molecule has 6 nitrogen and oxygen atoms in total. The number of amides is 1. The molecule has 0 saturated carbocycles. The number of hydrogen-bond acceptors (Lipinski definition) is 5. The number of piperidine rings is 1. The van der Waals surface area contributed by atoms with Crippen LogP contribution < -0.4 is 10.6 Å². The summed E-state index contributed by atoms with van der Waals surface area (Å²) in [5, 5.41) is 6.18. The molecule has 1 fully saturated rings. The van der Waals surface area contributed by atoms with E-state index in [0.717, 1.165) is 42.0 Å². The second kappa shape index (κ2) is 10.8. The maximum absolute atomic E-state index is 13.7. The molecule has 0 radical (unpaired) electrons. The third kappa shape index (κ3) is 7.11. The first kappa shape index (κ1) is 27.1. The summed E-state index contributed by atoms with van der Waals surface area (Å²) in [7, 11) is 0. The third-order valence-electron chi connectivity index (χ3n) is 6.35. The SMILES string of the molecule is [C-]#[N+]c1ccc2c(c1)Sc1cc(C(F)(F)F)cc(NC3CCN(CCNC(=O)OC(C)(C)C)CC3)c1C2. The largest absolute Gasteiger partial charge is 0.444 e. The number of alkyl carbamates (subject to hydrolysis) is 1. The van der Waals surface area contributed by atoms with Crippen LogP contribution in [0.1, 0.15) is 50.3 Å². The minimum atomic E-state index is -4.45. The Kier molecular flexibility index (Phi) is 7.95. The molecule has 2 heterocycles. The molecule has 2 aromatic rings. The molecule has 0 aliphatic carbocycles. The smallest absolute Gasteiger partial charge is 0.416 e. The number of nitrogens with zero attached hydrogens (tertiary/aromatic N) is 2. The van der Waals surface area contributed by atoms with Gasteiger partial charge >= 0.3 is 12.3 Å². The number of hydrogen-bond donors (Lipinski definition) is 2. The summed E-state index contributed by atoms with van der Waals surface area (Å²) in [4.78, 5) is 18.9. The summed E-state index contributed by atoms with van der Waals surface area (Å²) in [5.74, 6) is 0. The topological polar surface area (TPSA) is 58.0 Å². The molecule has 4 rings (SSSR count). The molecule has 1 saturated heterocycles. The molecule has 2 aromatic carbocycles. The van der Waals surface area contributed by atoms with Gasteiger partial charge < -0.3 is 20.3 Å². The number of alkyl halides is 3. The van der Waals surface area contributed by atoms with Crippen LogP contribution in [0.4, 0.5) is 29.3 Å². The molecule has 2 N–H and O–H groups in total. The molecule has 37 heavy (non-hydrogen) atoms. The molecule has 10 heteroatoms. The Bertz CT molecular complexity index is 1200. The van der Waals surface area contributed by atoms with Crippen molar-refractivity contribution in [2.75, 3.05) is 31.5 Å². The fraction of sp³-hybridized carbons (Fsp3) is 0.481. The lowest BCUT2D eigenvalue weighted by atomic mass is 9.98. The van der Waals surface area contributed by atoms with E-state index in [-0.39, 0.29) is 6.04 Å². The highest BCUT2D eigenvalue weighted by Crippen LogP contribution is 2.46. The first-order valence-electron chi connectivity index (χ1n) is 12.3. The molecule has 198 valence electrons. The predicted octanol–water partition coefficient (Wildman–Crippen LogP) is 6.71. The van der Waals surface area contributed by atoms with Gasteiger partial charge in [0.15, 0.2) is 5.69 Å². The van der Waals surface area contributed by atoms with E-state index >= 15 is 0 Å². The van der Waals surface area contributed by atoms with Crippen molar-refractivity contribution >= 4 is 29.2 Å². The quantitative estimate of drug-likeness (QED) is 0.358. The first-order valence-corrected chi connectivity index (χ1v) is 13.1. The Hall–Kier alpha value is -2.90. The number of anilines is 1. The third-order valence-corrected chi connectivity index (χ3v) is 7.53. The van der Waals surface area contributed by atoms with Crippen LogP contribution in [0.3, 0.4) is 0 Å². The van der Waals surface area contributed by atoms with Crippen LogP contribution in [0.15, 0.2) is 40.1 Å². The Morgan fingerprint density at radius 2 is 1.89 bits per heavy atom. The number of fused-ring (bicyclic) bond motifs is 2. The van der Waals surface area contributed by atoms with Gasteiger partial charge in [0.25, 0.3) is 0 Å². The lowest BCUT2D eigenvalue weighted by molar-refractivity contribution is -0.137. The standard InChI is InChI=1S/C27H31F3N4O2S/c1-26(2,3)36-25(35)32-9-12-34-10-7-19(8-11-34)33-22-14-18(27(28,29)30)15-24-21(22)13-17-5-6-20(31-4)16-23(17)37-24/h5-6,14-16,19,33H,7-13H2,1-3H3,(H,32,35). The van der Waals surface area contributed by atoms with Crippen LogP contribution in [-0.2, 0) is 17.3 Å². The predicted molar refractivity (Wildman–Crippen MR) is 138 cm³/mol. The van der Waals surface area contributed by atoms with Crippen molar-refractivity contribution in [3.63, 3.8) is 0 Å². The van der Waals surface area contributed by atoms with E-state index in [0.29, 0.717) is 35.8 Å². The van der Waals surface area contributed by atoms with Crippen LogP contribution >= 0.6 is 11.8 Å². The second-order valence-corrected chi connectivity index (χ2v) is 11.5. The van der Waals surface area contributed by atoms with E-state index in [2.05, 4.69) is 20.4 Å². The number of likely N-dealkylation sites (tertiary alicyclic amines) is 1. The van der Waals surface area contributed by atoms with Crippen LogP contribution in [0.5, 0.6) is 0 Å². The summed E-state index contributed by atoms with van der Waals surface area (Å²) < 4.78 is 46.4. The highest BCUT2D eigenvalue weighted by molar-refractivity contribution is 7.99. The van der Waals surface area contributed by atoms with E-state index < -0.39 is 23.4 Å². The molecular formula is C27H31F3N4O2S. The lowest BCUT2D eigenvalue weighted by Crippen LogP contribution is -2.43. The maximum Gasteiger partial charge on any atom is 0.416 e. The summed E-state index contributed by atoms with van der Waals surface area (Å²) in [5.41, 5.74) is 1.68. The van der Waals surface area contributed by atoms with Gasteiger partial charge in [-0.25, -0.2) is 9.64 Å². The van der Waals surface area contributed by atoms with Crippen LogP contribution in [0.25, 0.3) is 4.85 Å². The average Bonchev–Trinajstić information content (AvgIpc) is 2.81. The van der Waals surface area contributed by atoms with Gasteiger partial charge in [0, 0.05) is 54.1 Å². The minimum Gasteiger partial charge on any atom is -0.444 e. The Morgan fingerprint density at radius 3 is 2.54 bits per heavy atom. The van der Waals surface area contributed by atoms with Gasteiger partial charge in [0.05, 0.1) is 12.1 Å². The molecule has 1 amide bonds. The van der Waals surface area contributed by atoms with Crippen molar-refractivity contribution in [1.82, 2.24) is 10.2 Å². The number of ether oxygens (including phenoxy) is 1. The zero-order valence-corrected chi connectivity index (χ0v) is 22.0. The molecule has 2 aliphatic heterocycles. The maximum atomic E-state index is 13.7. The fourth-order valence-electron chi connectivity index (χ4n) is 4.53. The lowest BCUT2D eigenvalue weighted by Gasteiger charge is -2.34. The molecular weight excluding hydrogens is 501 g/mol. The number of carbonyl (C=O) groups excluding carboxylic acids is 1. The molecule has 0 aromatic heterocycles. The Morgan fingerprint density at radius 1 is 1.16 bits per heavy atom. The van der Waals surface area contributed by atoms with E-state index in [1.165, 1.54) is 23.9 Å². The summed E-state index contributed by atoms with van der Waals surface area (Å²) in [6.07, 6.45) is -2.80.